The van der Waals surface area contributed by atoms with Crippen molar-refractivity contribution in [2.75, 3.05) is 11.9 Å². The van der Waals surface area contributed by atoms with E-state index in [1.54, 1.807) is 6.92 Å². The van der Waals surface area contributed by atoms with Crippen molar-refractivity contribution in [3.63, 3.8) is 0 Å². The van der Waals surface area contributed by atoms with E-state index >= 15 is 0 Å². The van der Waals surface area contributed by atoms with E-state index in [4.69, 9.17) is 5.11 Å². The fraction of sp³-hybridized carbons (Fsp3) is 0.467. The van der Waals surface area contributed by atoms with E-state index in [-0.39, 0.29) is 18.4 Å². The topological polar surface area (TPSA) is 69.6 Å². The Hall–Kier alpha value is -2.11. The van der Waals surface area contributed by atoms with Gasteiger partial charge < -0.3 is 15.3 Å². The van der Waals surface area contributed by atoms with E-state index in [9.17, 15) is 14.0 Å². The Morgan fingerprint density at radius 2 is 2.05 bits per heavy atom. The minimum Gasteiger partial charge on any atom is -0.480 e. The molecule has 5 nitrogen and oxygen atoms in total. The summed E-state index contributed by atoms with van der Waals surface area (Å²) in [7, 11) is 0. The summed E-state index contributed by atoms with van der Waals surface area (Å²) >= 11 is 0. The number of carboxylic acids is 1. The molecule has 21 heavy (non-hydrogen) atoms. The van der Waals surface area contributed by atoms with Crippen molar-refractivity contribution in [1.29, 1.82) is 0 Å². The molecule has 0 spiro atoms. The zero-order chi connectivity index (χ0) is 15.4. The van der Waals surface area contributed by atoms with Crippen molar-refractivity contribution in [2.24, 2.45) is 0 Å². The third-order valence-electron chi connectivity index (χ3n) is 3.74. The van der Waals surface area contributed by atoms with Crippen LogP contribution in [0, 0.1) is 12.7 Å². The van der Waals surface area contributed by atoms with Crippen LogP contribution < -0.4 is 5.32 Å². The first-order valence-electron chi connectivity index (χ1n) is 7.03. The number of rotatable bonds is 4. The van der Waals surface area contributed by atoms with Gasteiger partial charge in [0.05, 0.1) is 0 Å². The number of carbonyl (C=O) groups is 2. The molecule has 1 aliphatic rings. The van der Waals surface area contributed by atoms with E-state index in [1.807, 2.05) is 0 Å². The number of benzene rings is 1. The lowest BCUT2D eigenvalue weighted by Gasteiger charge is -2.27. The Morgan fingerprint density at radius 3 is 2.62 bits per heavy atom. The van der Waals surface area contributed by atoms with Gasteiger partial charge in [-0.1, -0.05) is 12.8 Å². The Balaban J connectivity index is 2.09. The van der Waals surface area contributed by atoms with Gasteiger partial charge in [-0.25, -0.2) is 9.18 Å². The minimum absolute atomic E-state index is 0.0392. The molecule has 0 unspecified atom stereocenters. The number of amides is 2. The maximum atomic E-state index is 13.2. The van der Waals surface area contributed by atoms with Crippen LogP contribution in [0.15, 0.2) is 18.2 Å². The van der Waals surface area contributed by atoms with Gasteiger partial charge in [-0.05, 0) is 43.5 Å². The molecule has 2 N–H and O–H groups in total. The molecule has 6 heteroatoms. The molecule has 0 aromatic heterocycles. The predicted molar refractivity (Wildman–Crippen MR) is 76.8 cm³/mol. The number of hydrogen-bond donors (Lipinski definition) is 2. The lowest BCUT2D eigenvalue weighted by molar-refractivity contribution is -0.138. The molecule has 0 radical (unpaired) electrons. The van der Waals surface area contributed by atoms with E-state index in [2.05, 4.69) is 5.32 Å². The first kappa shape index (κ1) is 15.3. The van der Waals surface area contributed by atoms with E-state index in [0.717, 1.165) is 25.7 Å². The number of hydrogen-bond acceptors (Lipinski definition) is 2. The molecule has 2 amide bonds. The van der Waals surface area contributed by atoms with Crippen LogP contribution in [0.4, 0.5) is 14.9 Å². The fourth-order valence-electron chi connectivity index (χ4n) is 2.65. The first-order valence-corrected chi connectivity index (χ1v) is 7.03. The zero-order valence-electron chi connectivity index (χ0n) is 11.9. The summed E-state index contributed by atoms with van der Waals surface area (Å²) in [4.78, 5) is 24.6. The van der Waals surface area contributed by atoms with Gasteiger partial charge in [0.25, 0.3) is 0 Å². The van der Waals surface area contributed by atoms with Crippen LogP contribution >= 0.6 is 0 Å². The van der Waals surface area contributed by atoms with Crippen LogP contribution in [0.3, 0.4) is 0 Å². The van der Waals surface area contributed by atoms with Crippen molar-refractivity contribution in [1.82, 2.24) is 4.90 Å². The Bertz CT molecular complexity index is 542. The van der Waals surface area contributed by atoms with E-state index in [1.165, 1.54) is 23.1 Å². The van der Waals surface area contributed by atoms with Crippen LogP contribution in [0.25, 0.3) is 0 Å². The van der Waals surface area contributed by atoms with Gasteiger partial charge in [0.15, 0.2) is 0 Å². The predicted octanol–water partition coefficient (Wildman–Crippen LogP) is 3.00. The molecule has 114 valence electrons. The van der Waals surface area contributed by atoms with Crippen LogP contribution in [0.1, 0.15) is 31.2 Å². The number of nitrogens with zero attached hydrogens (tertiary/aromatic N) is 1. The number of carboxylic acid groups (broad SMARTS) is 1. The smallest absolute Gasteiger partial charge is 0.323 e. The molecule has 0 saturated heterocycles. The molecule has 1 fully saturated rings. The molecule has 0 heterocycles. The van der Waals surface area contributed by atoms with Crippen molar-refractivity contribution in [2.45, 2.75) is 38.6 Å². The van der Waals surface area contributed by atoms with Crippen LogP contribution in [0.5, 0.6) is 0 Å². The number of carbonyl (C=O) groups excluding carboxylic acids is 1. The van der Waals surface area contributed by atoms with Crippen molar-refractivity contribution in [3.8, 4) is 0 Å². The summed E-state index contributed by atoms with van der Waals surface area (Å²) in [6.07, 6.45) is 3.65. The molecule has 1 aliphatic carbocycles. The number of nitrogens with one attached hydrogen (secondary N) is 1. The second kappa shape index (κ2) is 6.56. The molecule has 1 saturated carbocycles. The van der Waals surface area contributed by atoms with Gasteiger partial charge in [0.2, 0.25) is 0 Å². The average molecular weight is 294 g/mol. The molecule has 1 aromatic rings. The SMILES string of the molecule is Cc1cc(NC(=O)N(CC(=O)O)C2CCCC2)ccc1F. The quantitative estimate of drug-likeness (QED) is 0.897. The largest absolute Gasteiger partial charge is 0.480 e. The summed E-state index contributed by atoms with van der Waals surface area (Å²) in [6, 6.07) is 3.79. The minimum atomic E-state index is -1.03. The summed E-state index contributed by atoms with van der Waals surface area (Å²) < 4.78 is 13.2. The van der Waals surface area contributed by atoms with Crippen molar-refractivity contribution in [3.05, 3.63) is 29.6 Å². The number of anilines is 1. The lowest BCUT2D eigenvalue weighted by Crippen LogP contribution is -2.44. The molecule has 1 aromatic carbocycles. The number of aliphatic carboxylic acids is 1. The highest BCUT2D eigenvalue weighted by Gasteiger charge is 2.28. The Labute approximate surface area is 122 Å². The highest BCUT2D eigenvalue weighted by molar-refractivity contribution is 5.91. The fourth-order valence-corrected chi connectivity index (χ4v) is 2.65. The zero-order valence-corrected chi connectivity index (χ0v) is 11.9. The number of aryl methyl sites for hydroxylation is 1. The Morgan fingerprint density at radius 1 is 1.38 bits per heavy atom. The van der Waals surface area contributed by atoms with Gasteiger partial charge in [-0.3, -0.25) is 4.79 Å². The number of halogens is 1. The van der Waals surface area contributed by atoms with Crippen molar-refractivity contribution < 1.29 is 19.1 Å². The summed E-state index contributed by atoms with van der Waals surface area (Å²) in [5.74, 6) is -1.38. The van der Waals surface area contributed by atoms with Gasteiger partial charge in [-0.2, -0.15) is 0 Å². The highest BCUT2D eigenvalue weighted by Crippen LogP contribution is 2.24. The molecular formula is C15H19FN2O3. The second-order valence-corrected chi connectivity index (χ2v) is 5.35. The third-order valence-corrected chi connectivity index (χ3v) is 3.74. The second-order valence-electron chi connectivity index (χ2n) is 5.35. The summed E-state index contributed by atoms with van der Waals surface area (Å²) in [5, 5.41) is 11.6. The molecule has 2 rings (SSSR count). The third kappa shape index (κ3) is 3.93. The molecular weight excluding hydrogens is 275 g/mol. The molecule has 0 bridgehead atoms. The maximum absolute atomic E-state index is 13.2. The average Bonchev–Trinajstić information content (AvgIpc) is 2.93. The van der Waals surface area contributed by atoms with E-state index in [0.29, 0.717) is 11.3 Å². The number of urea groups is 1. The maximum Gasteiger partial charge on any atom is 0.323 e. The van der Waals surface area contributed by atoms with Crippen LogP contribution in [-0.4, -0.2) is 34.6 Å². The molecule has 0 atom stereocenters. The van der Waals surface area contributed by atoms with E-state index < -0.39 is 12.0 Å². The van der Waals surface area contributed by atoms with Gasteiger partial charge >= 0.3 is 12.0 Å². The standard InChI is InChI=1S/C15H19FN2O3/c1-10-8-11(6-7-13(10)16)17-15(21)18(9-14(19)20)12-4-2-3-5-12/h6-8,12H,2-5,9H2,1H3,(H,17,21)(H,19,20). The summed E-state index contributed by atoms with van der Waals surface area (Å²) in [5.41, 5.74) is 0.894. The van der Waals surface area contributed by atoms with Gasteiger partial charge in [0.1, 0.15) is 12.4 Å². The normalized spacial score (nSPS) is 15.0. The monoisotopic (exact) mass is 294 g/mol. The van der Waals surface area contributed by atoms with Gasteiger partial charge in [-0.15, -0.1) is 0 Å². The van der Waals surface area contributed by atoms with Crippen molar-refractivity contribution >= 4 is 17.7 Å². The lowest BCUT2D eigenvalue weighted by atomic mass is 10.2. The van der Waals surface area contributed by atoms with Crippen LogP contribution in [0.2, 0.25) is 0 Å². The first-order chi connectivity index (χ1) is 9.97. The van der Waals surface area contributed by atoms with Crippen LogP contribution in [-0.2, 0) is 4.79 Å². The van der Waals surface area contributed by atoms with Gasteiger partial charge in [0, 0.05) is 11.7 Å². The molecule has 0 aliphatic heterocycles. The highest BCUT2D eigenvalue weighted by atomic mass is 19.1. The Kier molecular flexibility index (Phi) is 4.77. The summed E-state index contributed by atoms with van der Waals surface area (Å²) in [6.45, 7) is 1.29.